The Morgan fingerprint density at radius 2 is 2.10 bits per heavy atom. The highest BCUT2D eigenvalue weighted by atomic mass is 32.2. The van der Waals surface area contributed by atoms with E-state index < -0.39 is 0 Å². The van der Waals surface area contributed by atoms with Gasteiger partial charge in [0.2, 0.25) is 0 Å². The highest BCUT2D eigenvalue weighted by Crippen LogP contribution is 2.37. The number of fused-ring (bicyclic) bond motifs is 1. The Bertz CT molecular complexity index is 919. The molecule has 0 amide bonds. The number of nitrogens with one attached hydrogen (secondary N) is 1. The van der Waals surface area contributed by atoms with E-state index in [1.54, 1.807) is 37.5 Å². The van der Waals surface area contributed by atoms with Crippen molar-refractivity contribution in [1.82, 2.24) is 4.98 Å². The Kier molecular flexibility index (Phi) is 6.43. The summed E-state index contributed by atoms with van der Waals surface area (Å²) in [6.45, 7) is 2.03. The molecule has 3 aromatic rings. The van der Waals surface area contributed by atoms with Gasteiger partial charge in [-0.1, -0.05) is 12.1 Å². The van der Waals surface area contributed by atoms with Gasteiger partial charge < -0.3 is 19.5 Å². The van der Waals surface area contributed by atoms with Crippen molar-refractivity contribution in [2.24, 2.45) is 0 Å². The SMILES string of the molecule is COCC1CNc2ccc(SN(Cc3ccc(OC)cc3)c3nccs3)cc2O1. The van der Waals surface area contributed by atoms with Crippen LogP contribution in [0.4, 0.5) is 10.8 Å². The van der Waals surface area contributed by atoms with Crippen LogP contribution in [0.2, 0.25) is 0 Å². The summed E-state index contributed by atoms with van der Waals surface area (Å²) in [6.07, 6.45) is 1.85. The first kappa shape index (κ1) is 19.9. The molecule has 0 aliphatic carbocycles. The molecule has 1 N–H and O–H groups in total. The molecule has 1 aliphatic heterocycles. The summed E-state index contributed by atoms with van der Waals surface area (Å²) in [5.74, 6) is 1.71. The molecule has 1 unspecified atom stereocenters. The van der Waals surface area contributed by atoms with Crippen LogP contribution in [-0.2, 0) is 11.3 Å². The molecule has 0 saturated carbocycles. The number of anilines is 2. The molecule has 6 nitrogen and oxygen atoms in total. The quantitative estimate of drug-likeness (QED) is 0.522. The van der Waals surface area contributed by atoms with Gasteiger partial charge >= 0.3 is 0 Å². The van der Waals surface area contributed by atoms with E-state index in [2.05, 4.69) is 44.9 Å². The van der Waals surface area contributed by atoms with Gasteiger partial charge in [0.05, 0.1) is 32.5 Å². The first-order chi connectivity index (χ1) is 14.2. The lowest BCUT2D eigenvalue weighted by Crippen LogP contribution is -2.34. The Hall–Kier alpha value is -2.42. The van der Waals surface area contributed by atoms with E-state index in [1.165, 1.54) is 5.56 Å². The smallest absolute Gasteiger partial charge is 0.195 e. The third-order valence-corrected chi connectivity index (χ3v) is 6.35. The topological polar surface area (TPSA) is 55.9 Å². The minimum Gasteiger partial charge on any atom is -0.497 e. The zero-order valence-electron chi connectivity index (χ0n) is 16.3. The van der Waals surface area contributed by atoms with Crippen LogP contribution in [0.15, 0.2) is 58.9 Å². The van der Waals surface area contributed by atoms with Crippen LogP contribution in [0.1, 0.15) is 5.56 Å². The monoisotopic (exact) mass is 429 g/mol. The molecule has 0 saturated heterocycles. The number of thiazole rings is 1. The van der Waals surface area contributed by atoms with Gasteiger partial charge in [0.1, 0.15) is 17.6 Å². The van der Waals surface area contributed by atoms with Crippen molar-refractivity contribution in [3.05, 3.63) is 59.6 Å². The van der Waals surface area contributed by atoms with Crippen LogP contribution in [0.5, 0.6) is 11.5 Å². The highest BCUT2D eigenvalue weighted by Gasteiger charge is 2.20. The Morgan fingerprint density at radius 3 is 2.83 bits per heavy atom. The molecule has 0 radical (unpaired) electrons. The summed E-state index contributed by atoms with van der Waals surface area (Å²) in [5.41, 5.74) is 2.20. The van der Waals surface area contributed by atoms with E-state index in [0.717, 1.165) is 40.3 Å². The minimum absolute atomic E-state index is 0.0158. The number of aromatic nitrogens is 1. The lowest BCUT2D eigenvalue weighted by molar-refractivity contribution is 0.0846. The summed E-state index contributed by atoms with van der Waals surface area (Å²) in [4.78, 5) is 5.60. The van der Waals surface area contributed by atoms with E-state index >= 15 is 0 Å². The normalized spacial score (nSPS) is 15.2. The largest absolute Gasteiger partial charge is 0.497 e. The molecule has 1 aromatic heterocycles. The van der Waals surface area contributed by atoms with Crippen LogP contribution in [-0.4, -0.2) is 38.5 Å². The van der Waals surface area contributed by atoms with Crippen molar-refractivity contribution in [2.45, 2.75) is 17.5 Å². The van der Waals surface area contributed by atoms with Gasteiger partial charge in [-0.15, -0.1) is 11.3 Å². The van der Waals surface area contributed by atoms with Gasteiger partial charge in [-0.3, -0.25) is 4.31 Å². The Balaban J connectivity index is 1.52. The molecule has 2 aromatic carbocycles. The molecule has 0 bridgehead atoms. The summed E-state index contributed by atoms with van der Waals surface area (Å²) in [7, 11) is 3.37. The van der Waals surface area contributed by atoms with E-state index in [0.29, 0.717) is 6.61 Å². The van der Waals surface area contributed by atoms with E-state index in [-0.39, 0.29) is 6.10 Å². The van der Waals surface area contributed by atoms with Gasteiger partial charge in [0, 0.05) is 23.6 Å². The highest BCUT2D eigenvalue weighted by molar-refractivity contribution is 8.00. The molecule has 29 heavy (non-hydrogen) atoms. The number of rotatable bonds is 8. The second kappa shape index (κ2) is 9.39. The summed E-state index contributed by atoms with van der Waals surface area (Å²) in [5, 5.41) is 6.36. The fourth-order valence-electron chi connectivity index (χ4n) is 3.03. The van der Waals surface area contributed by atoms with Gasteiger partial charge in [-0.25, -0.2) is 4.98 Å². The van der Waals surface area contributed by atoms with Crippen LogP contribution in [0, 0.1) is 0 Å². The predicted octanol–water partition coefficient (Wildman–Crippen LogP) is 4.68. The van der Waals surface area contributed by atoms with Crippen molar-refractivity contribution in [3.8, 4) is 11.5 Å². The molecule has 2 heterocycles. The molecular formula is C21H23N3O3S2. The number of nitrogens with zero attached hydrogens (tertiary/aromatic N) is 2. The fraction of sp³-hybridized carbons (Fsp3) is 0.286. The predicted molar refractivity (Wildman–Crippen MR) is 118 cm³/mol. The third kappa shape index (κ3) is 4.95. The van der Waals surface area contributed by atoms with E-state index in [9.17, 15) is 0 Å². The second-order valence-electron chi connectivity index (χ2n) is 6.52. The molecule has 4 rings (SSSR count). The Morgan fingerprint density at radius 1 is 1.24 bits per heavy atom. The lowest BCUT2D eigenvalue weighted by Gasteiger charge is -2.28. The summed E-state index contributed by atoms with van der Waals surface area (Å²) < 4.78 is 18.8. The van der Waals surface area contributed by atoms with Crippen LogP contribution in [0.25, 0.3) is 0 Å². The molecule has 1 atom stereocenters. The van der Waals surface area contributed by atoms with E-state index in [1.807, 2.05) is 23.7 Å². The molecule has 8 heteroatoms. The zero-order chi connectivity index (χ0) is 20.1. The average molecular weight is 430 g/mol. The maximum atomic E-state index is 6.08. The number of ether oxygens (including phenoxy) is 3. The van der Waals surface area contributed by atoms with Crippen LogP contribution < -0.4 is 19.1 Å². The number of methoxy groups -OCH3 is 2. The summed E-state index contributed by atoms with van der Waals surface area (Å²) in [6, 6.07) is 14.4. The number of benzene rings is 2. The van der Waals surface area contributed by atoms with Crippen LogP contribution in [0.3, 0.4) is 0 Å². The van der Waals surface area contributed by atoms with Gasteiger partial charge in [-0.05, 0) is 47.8 Å². The van der Waals surface area contributed by atoms with Crippen molar-refractivity contribution < 1.29 is 14.2 Å². The number of hydrogen-bond acceptors (Lipinski definition) is 8. The molecule has 152 valence electrons. The maximum Gasteiger partial charge on any atom is 0.195 e. The van der Waals surface area contributed by atoms with Gasteiger partial charge in [0.15, 0.2) is 5.13 Å². The van der Waals surface area contributed by atoms with Gasteiger partial charge in [0.25, 0.3) is 0 Å². The molecule has 1 aliphatic rings. The molecule has 0 spiro atoms. The van der Waals surface area contributed by atoms with Crippen molar-refractivity contribution >= 4 is 34.1 Å². The fourth-order valence-corrected chi connectivity index (χ4v) is 4.70. The third-order valence-electron chi connectivity index (χ3n) is 4.45. The molecular weight excluding hydrogens is 406 g/mol. The zero-order valence-corrected chi connectivity index (χ0v) is 18.0. The van der Waals surface area contributed by atoms with Crippen molar-refractivity contribution in [1.29, 1.82) is 0 Å². The standard InChI is InChI=1S/C21H23N3O3S2/c1-25-14-17-12-23-19-8-7-18(11-20(19)27-17)29-24(21-22-9-10-28-21)13-15-3-5-16(26-2)6-4-15/h3-11,17,23H,12-14H2,1-2H3. The second-order valence-corrected chi connectivity index (χ2v) is 8.49. The minimum atomic E-state index is 0.0158. The van der Waals surface area contributed by atoms with Crippen LogP contribution >= 0.6 is 23.3 Å². The van der Waals surface area contributed by atoms with E-state index in [4.69, 9.17) is 14.2 Å². The number of hydrogen-bond donors (Lipinski definition) is 1. The van der Waals surface area contributed by atoms with Gasteiger partial charge in [-0.2, -0.15) is 0 Å². The lowest BCUT2D eigenvalue weighted by atomic mass is 10.2. The maximum absolute atomic E-state index is 6.08. The molecule has 0 fully saturated rings. The average Bonchev–Trinajstić information content (AvgIpc) is 3.29. The Labute approximate surface area is 178 Å². The first-order valence-corrected chi connectivity index (χ1v) is 10.9. The first-order valence-electron chi connectivity index (χ1n) is 9.26. The summed E-state index contributed by atoms with van der Waals surface area (Å²) >= 11 is 3.27. The van der Waals surface area contributed by atoms with Crippen molar-refractivity contribution in [2.75, 3.05) is 37.0 Å². The van der Waals surface area contributed by atoms with Crippen molar-refractivity contribution in [3.63, 3.8) is 0 Å².